The zero-order valence-corrected chi connectivity index (χ0v) is 18.0. The Labute approximate surface area is 191 Å². The van der Waals surface area contributed by atoms with Gasteiger partial charge in [0.05, 0.1) is 21.8 Å². The highest BCUT2D eigenvalue weighted by molar-refractivity contribution is 6.35. The van der Waals surface area contributed by atoms with Gasteiger partial charge in [0, 0.05) is 47.2 Å². The van der Waals surface area contributed by atoms with Crippen molar-refractivity contribution in [2.75, 3.05) is 0 Å². The zero-order valence-electron chi connectivity index (χ0n) is 16.5. The average molecular weight is 469 g/mol. The van der Waals surface area contributed by atoms with Crippen molar-refractivity contribution < 1.29 is 13.6 Å². The minimum Gasteiger partial charge on any atom is -0.435 e. The molecule has 0 spiro atoms. The molecule has 3 aromatic heterocycles. The molecule has 0 unspecified atom stereocenters. The monoisotopic (exact) mass is 468 g/mol. The van der Waals surface area contributed by atoms with Crippen molar-refractivity contribution in [3.8, 4) is 0 Å². The van der Waals surface area contributed by atoms with Crippen molar-refractivity contribution in [1.82, 2.24) is 20.3 Å². The number of halogens is 3. The summed E-state index contributed by atoms with van der Waals surface area (Å²) < 4.78 is 19.9. The number of hydrogen-bond acceptors (Lipinski definition) is 4. The first-order chi connectivity index (χ1) is 15.5. The van der Waals surface area contributed by atoms with Crippen LogP contribution >= 0.6 is 23.2 Å². The Bertz CT molecular complexity index is 1480. The smallest absolute Gasteiger partial charge is 0.288 e. The molecule has 0 radical (unpaired) electrons. The van der Waals surface area contributed by atoms with E-state index in [1.807, 2.05) is 24.3 Å². The molecule has 0 aliphatic heterocycles. The van der Waals surface area contributed by atoms with Crippen LogP contribution in [0.25, 0.3) is 21.8 Å². The molecule has 0 fully saturated rings. The summed E-state index contributed by atoms with van der Waals surface area (Å²) in [5.74, 6) is -0.499. The fraction of sp³-hybridized carbons (Fsp3) is 0.0870. The van der Waals surface area contributed by atoms with Gasteiger partial charge < -0.3 is 14.7 Å². The van der Waals surface area contributed by atoms with Crippen LogP contribution in [0.1, 0.15) is 27.6 Å². The summed E-state index contributed by atoms with van der Waals surface area (Å²) in [6.45, 7) is -0.0173. The molecule has 0 saturated carbocycles. The standard InChI is InChI=1S/C23H15Cl2FN4O2/c24-15-5-13-3-12(1-2-19(13)27-9-15)4-22-29-11-21(32-22)23(31)30-8-14-6-16-17(25)10-28-20(16)7-18(14)26/h1-3,5-7,9-11,28H,4,8H2,(H,30,31). The number of amides is 1. The second kappa shape index (κ2) is 8.26. The molecule has 0 atom stereocenters. The highest BCUT2D eigenvalue weighted by Gasteiger charge is 2.15. The molecule has 0 bridgehead atoms. The highest BCUT2D eigenvalue weighted by Crippen LogP contribution is 2.26. The number of carbonyl (C=O) groups excluding carboxylic acids is 1. The number of H-pyrrole nitrogens is 1. The number of oxazole rings is 1. The molecule has 32 heavy (non-hydrogen) atoms. The molecule has 3 heterocycles. The number of nitrogens with one attached hydrogen (secondary N) is 2. The lowest BCUT2D eigenvalue weighted by molar-refractivity contribution is 0.0921. The van der Waals surface area contributed by atoms with Crippen molar-refractivity contribution in [2.45, 2.75) is 13.0 Å². The van der Waals surface area contributed by atoms with Gasteiger partial charge in [0.25, 0.3) is 5.91 Å². The Morgan fingerprint density at radius 1 is 1.12 bits per heavy atom. The molecular formula is C23H15Cl2FN4O2. The van der Waals surface area contributed by atoms with Gasteiger partial charge in [-0.3, -0.25) is 9.78 Å². The van der Waals surface area contributed by atoms with Crippen LogP contribution in [0.2, 0.25) is 10.0 Å². The van der Waals surface area contributed by atoms with Gasteiger partial charge in [0.2, 0.25) is 5.76 Å². The lowest BCUT2D eigenvalue weighted by Gasteiger charge is -2.06. The number of aromatic nitrogens is 3. The minimum absolute atomic E-state index is 0.0173. The molecule has 0 saturated heterocycles. The number of fused-ring (bicyclic) bond motifs is 2. The first-order valence-corrected chi connectivity index (χ1v) is 10.4. The molecule has 1 amide bonds. The van der Waals surface area contributed by atoms with E-state index >= 15 is 0 Å². The third-order valence-electron chi connectivity index (χ3n) is 5.08. The number of nitrogens with zero attached hydrogens (tertiary/aromatic N) is 2. The van der Waals surface area contributed by atoms with Gasteiger partial charge >= 0.3 is 0 Å². The summed E-state index contributed by atoms with van der Waals surface area (Å²) >= 11 is 12.1. The van der Waals surface area contributed by atoms with Gasteiger partial charge in [-0.1, -0.05) is 29.3 Å². The van der Waals surface area contributed by atoms with E-state index in [1.54, 1.807) is 18.5 Å². The molecule has 2 aromatic carbocycles. The van der Waals surface area contributed by atoms with Crippen LogP contribution in [0.5, 0.6) is 0 Å². The minimum atomic E-state index is -0.488. The number of benzene rings is 2. The number of carbonyl (C=O) groups is 1. The van der Waals surface area contributed by atoms with E-state index in [4.69, 9.17) is 27.6 Å². The van der Waals surface area contributed by atoms with Crippen molar-refractivity contribution in [1.29, 1.82) is 0 Å². The number of rotatable bonds is 5. The lowest BCUT2D eigenvalue weighted by Crippen LogP contribution is -2.22. The van der Waals surface area contributed by atoms with Crippen LogP contribution in [-0.4, -0.2) is 20.9 Å². The van der Waals surface area contributed by atoms with Crippen molar-refractivity contribution in [2.24, 2.45) is 0 Å². The topological polar surface area (TPSA) is 83.8 Å². The highest BCUT2D eigenvalue weighted by atomic mass is 35.5. The summed E-state index contributed by atoms with van der Waals surface area (Å²) in [6.07, 6.45) is 4.93. The van der Waals surface area contributed by atoms with E-state index in [0.29, 0.717) is 38.8 Å². The number of aromatic amines is 1. The van der Waals surface area contributed by atoms with Crippen LogP contribution in [0.4, 0.5) is 4.39 Å². The average Bonchev–Trinajstić information content (AvgIpc) is 3.38. The molecule has 0 aliphatic rings. The quantitative estimate of drug-likeness (QED) is 0.348. The summed E-state index contributed by atoms with van der Waals surface area (Å²) in [5, 5.41) is 5.28. The second-order valence-electron chi connectivity index (χ2n) is 7.28. The third-order valence-corrected chi connectivity index (χ3v) is 5.60. The first kappa shape index (κ1) is 20.5. The summed E-state index contributed by atoms with van der Waals surface area (Å²) in [7, 11) is 0. The van der Waals surface area contributed by atoms with Gasteiger partial charge in [-0.15, -0.1) is 0 Å². The van der Waals surface area contributed by atoms with E-state index in [-0.39, 0.29) is 12.3 Å². The predicted molar refractivity (Wildman–Crippen MR) is 120 cm³/mol. The Hall–Kier alpha value is -3.42. The molecule has 5 aromatic rings. The van der Waals surface area contributed by atoms with Crippen LogP contribution in [-0.2, 0) is 13.0 Å². The van der Waals surface area contributed by atoms with E-state index in [0.717, 1.165) is 16.5 Å². The normalized spacial score (nSPS) is 11.3. The van der Waals surface area contributed by atoms with Gasteiger partial charge in [0.1, 0.15) is 5.82 Å². The second-order valence-corrected chi connectivity index (χ2v) is 8.13. The Morgan fingerprint density at radius 2 is 2.00 bits per heavy atom. The fourth-order valence-electron chi connectivity index (χ4n) is 3.49. The lowest BCUT2D eigenvalue weighted by atomic mass is 10.1. The molecule has 160 valence electrons. The van der Waals surface area contributed by atoms with Crippen LogP contribution in [0.15, 0.2) is 59.4 Å². The van der Waals surface area contributed by atoms with Gasteiger partial charge in [-0.05, 0) is 35.9 Å². The maximum absolute atomic E-state index is 14.3. The maximum atomic E-state index is 14.3. The maximum Gasteiger partial charge on any atom is 0.288 e. The predicted octanol–water partition coefficient (Wildman–Crippen LogP) is 5.67. The van der Waals surface area contributed by atoms with Crippen molar-refractivity contribution in [3.05, 3.63) is 93.6 Å². The first-order valence-electron chi connectivity index (χ1n) is 9.68. The Kier molecular flexibility index (Phi) is 5.28. The van der Waals surface area contributed by atoms with Gasteiger partial charge in [-0.2, -0.15) is 0 Å². The Balaban J connectivity index is 1.28. The summed E-state index contributed by atoms with van der Waals surface area (Å²) in [4.78, 5) is 23.8. The van der Waals surface area contributed by atoms with Crippen molar-refractivity contribution in [3.63, 3.8) is 0 Å². The van der Waals surface area contributed by atoms with E-state index in [1.165, 1.54) is 12.3 Å². The number of hydrogen-bond donors (Lipinski definition) is 2. The zero-order chi connectivity index (χ0) is 22.2. The largest absolute Gasteiger partial charge is 0.435 e. The fourth-order valence-corrected chi connectivity index (χ4v) is 3.87. The molecule has 9 heteroatoms. The van der Waals surface area contributed by atoms with Crippen LogP contribution < -0.4 is 5.32 Å². The van der Waals surface area contributed by atoms with E-state index in [9.17, 15) is 9.18 Å². The molecule has 6 nitrogen and oxygen atoms in total. The van der Waals surface area contributed by atoms with Gasteiger partial charge in [-0.25, -0.2) is 9.37 Å². The van der Waals surface area contributed by atoms with E-state index in [2.05, 4.69) is 20.3 Å². The molecule has 0 aliphatic carbocycles. The SMILES string of the molecule is O=C(NCc1cc2c(Cl)c[nH]c2cc1F)c1cnc(Cc2ccc3ncc(Cl)cc3c2)o1. The van der Waals surface area contributed by atoms with E-state index < -0.39 is 11.7 Å². The van der Waals surface area contributed by atoms with Gasteiger partial charge in [0.15, 0.2) is 5.89 Å². The van der Waals surface area contributed by atoms with Crippen LogP contribution in [0.3, 0.4) is 0 Å². The summed E-state index contributed by atoms with van der Waals surface area (Å²) in [5.41, 5.74) is 2.68. The van der Waals surface area contributed by atoms with Crippen LogP contribution in [0, 0.1) is 5.82 Å². The van der Waals surface area contributed by atoms with Crippen molar-refractivity contribution >= 4 is 50.9 Å². The molecule has 5 rings (SSSR count). The third kappa shape index (κ3) is 4.04. The summed E-state index contributed by atoms with van der Waals surface area (Å²) in [6, 6.07) is 10.5. The molecular weight excluding hydrogens is 454 g/mol. The molecule has 2 N–H and O–H groups in total. The Morgan fingerprint density at radius 3 is 2.88 bits per heavy atom. The number of pyridine rings is 1.